The van der Waals surface area contributed by atoms with Crippen molar-refractivity contribution in [2.75, 3.05) is 6.54 Å². The molecule has 0 aromatic carbocycles. The molecule has 20 heavy (non-hydrogen) atoms. The van der Waals surface area contributed by atoms with E-state index in [9.17, 15) is 9.59 Å². The van der Waals surface area contributed by atoms with Crippen molar-refractivity contribution in [2.45, 2.75) is 76.7 Å². The van der Waals surface area contributed by atoms with E-state index in [1.807, 2.05) is 0 Å². The average molecular weight is 277 g/mol. The van der Waals surface area contributed by atoms with E-state index in [1.165, 1.54) is 32.1 Å². The van der Waals surface area contributed by atoms with Gasteiger partial charge in [-0.1, -0.05) is 12.8 Å². The number of likely N-dealkylation sites (tertiary alicyclic amines) is 1. The molecular formula is C17H27NO2. The maximum Gasteiger partial charge on any atom is 0.223 e. The summed E-state index contributed by atoms with van der Waals surface area (Å²) in [4.78, 5) is 26.8. The number of ketones is 1. The van der Waals surface area contributed by atoms with Crippen molar-refractivity contribution in [2.24, 2.45) is 11.8 Å². The molecule has 3 nitrogen and oxygen atoms in total. The Morgan fingerprint density at radius 2 is 1.75 bits per heavy atom. The summed E-state index contributed by atoms with van der Waals surface area (Å²) >= 11 is 0. The minimum absolute atomic E-state index is 0.155. The van der Waals surface area contributed by atoms with E-state index in [0.717, 1.165) is 45.1 Å². The van der Waals surface area contributed by atoms with Crippen molar-refractivity contribution in [3.63, 3.8) is 0 Å². The lowest BCUT2D eigenvalue weighted by Crippen LogP contribution is -2.48. The number of carbonyl (C=O) groups excluding carboxylic acids is 2. The lowest BCUT2D eigenvalue weighted by molar-refractivity contribution is -0.138. The predicted octanol–water partition coefficient (Wildman–Crippen LogP) is 3.32. The zero-order valence-corrected chi connectivity index (χ0v) is 12.5. The van der Waals surface area contributed by atoms with Crippen molar-refractivity contribution >= 4 is 11.7 Å². The Balaban J connectivity index is 1.64. The van der Waals surface area contributed by atoms with E-state index in [2.05, 4.69) is 4.90 Å². The normalized spacial score (nSPS) is 32.0. The zero-order chi connectivity index (χ0) is 13.9. The molecule has 2 aliphatic carbocycles. The summed E-state index contributed by atoms with van der Waals surface area (Å²) in [5.74, 6) is 1.52. The summed E-state index contributed by atoms with van der Waals surface area (Å²) in [6.45, 7) is 0.889. The standard InChI is InChI=1S/C17H27NO2/c19-16-10-5-8-14(16)15-9-3-4-11-18(15)17(20)12-13-6-1-2-7-13/h13-15H,1-12H2. The van der Waals surface area contributed by atoms with Gasteiger partial charge in [0.15, 0.2) is 0 Å². The smallest absolute Gasteiger partial charge is 0.223 e. The van der Waals surface area contributed by atoms with Crippen LogP contribution in [0.1, 0.15) is 70.6 Å². The highest BCUT2D eigenvalue weighted by atomic mass is 16.2. The minimum Gasteiger partial charge on any atom is -0.339 e. The Morgan fingerprint density at radius 3 is 2.45 bits per heavy atom. The van der Waals surface area contributed by atoms with E-state index >= 15 is 0 Å². The molecule has 2 atom stereocenters. The second-order valence-corrected chi connectivity index (χ2v) is 6.97. The van der Waals surface area contributed by atoms with Gasteiger partial charge in [0, 0.05) is 31.3 Å². The fraction of sp³-hybridized carbons (Fsp3) is 0.882. The van der Waals surface area contributed by atoms with Crippen LogP contribution in [0.3, 0.4) is 0 Å². The highest BCUT2D eigenvalue weighted by Gasteiger charge is 2.39. The van der Waals surface area contributed by atoms with Gasteiger partial charge in [0.1, 0.15) is 5.78 Å². The van der Waals surface area contributed by atoms with Crippen molar-refractivity contribution in [3.05, 3.63) is 0 Å². The van der Waals surface area contributed by atoms with Crippen LogP contribution in [-0.4, -0.2) is 29.2 Å². The summed E-state index contributed by atoms with van der Waals surface area (Å²) < 4.78 is 0. The monoisotopic (exact) mass is 277 g/mol. The topological polar surface area (TPSA) is 37.4 Å². The fourth-order valence-corrected chi connectivity index (χ4v) is 4.51. The first kappa shape index (κ1) is 14.1. The van der Waals surface area contributed by atoms with Crippen LogP contribution in [0.25, 0.3) is 0 Å². The van der Waals surface area contributed by atoms with Crippen LogP contribution in [0.5, 0.6) is 0 Å². The molecule has 0 N–H and O–H groups in total. The molecule has 3 fully saturated rings. The van der Waals surface area contributed by atoms with Gasteiger partial charge in [-0.3, -0.25) is 9.59 Å². The molecule has 0 aromatic rings. The molecule has 0 aromatic heterocycles. The van der Waals surface area contributed by atoms with Crippen LogP contribution in [0.15, 0.2) is 0 Å². The number of carbonyl (C=O) groups is 2. The first-order valence-electron chi connectivity index (χ1n) is 8.58. The van der Waals surface area contributed by atoms with Crippen LogP contribution in [0, 0.1) is 11.8 Å². The molecule has 1 amide bonds. The lowest BCUT2D eigenvalue weighted by atomic mass is 9.87. The first-order chi connectivity index (χ1) is 9.75. The summed E-state index contributed by atoms with van der Waals surface area (Å²) in [7, 11) is 0. The second kappa shape index (κ2) is 6.28. The molecule has 1 saturated heterocycles. The number of Topliss-reactive ketones (excluding diaryl/α,β-unsaturated/α-hetero) is 1. The van der Waals surface area contributed by atoms with Gasteiger partial charge >= 0.3 is 0 Å². The average Bonchev–Trinajstić information content (AvgIpc) is 3.10. The van der Waals surface area contributed by atoms with Crippen molar-refractivity contribution in [1.29, 1.82) is 0 Å². The van der Waals surface area contributed by atoms with Crippen LogP contribution in [0.2, 0.25) is 0 Å². The van der Waals surface area contributed by atoms with Crippen molar-refractivity contribution < 1.29 is 9.59 Å². The van der Waals surface area contributed by atoms with Gasteiger partial charge < -0.3 is 4.90 Å². The summed E-state index contributed by atoms with van der Waals surface area (Å²) in [5.41, 5.74) is 0. The lowest BCUT2D eigenvalue weighted by Gasteiger charge is -2.39. The van der Waals surface area contributed by atoms with E-state index < -0.39 is 0 Å². The van der Waals surface area contributed by atoms with Crippen LogP contribution in [0.4, 0.5) is 0 Å². The third kappa shape index (κ3) is 2.91. The summed E-state index contributed by atoms with van der Waals surface area (Å²) in [6, 6.07) is 0.229. The van der Waals surface area contributed by atoms with Gasteiger partial charge in [-0.25, -0.2) is 0 Å². The highest BCUT2D eigenvalue weighted by molar-refractivity contribution is 5.85. The molecule has 0 spiro atoms. The van der Waals surface area contributed by atoms with E-state index in [-0.39, 0.29) is 12.0 Å². The molecule has 2 unspecified atom stereocenters. The largest absolute Gasteiger partial charge is 0.339 e. The van der Waals surface area contributed by atoms with Gasteiger partial charge in [-0.05, 0) is 50.9 Å². The molecule has 1 heterocycles. The Morgan fingerprint density at radius 1 is 1.00 bits per heavy atom. The van der Waals surface area contributed by atoms with Crippen molar-refractivity contribution in [3.8, 4) is 0 Å². The minimum atomic E-state index is 0.155. The molecule has 2 saturated carbocycles. The maximum atomic E-state index is 12.6. The number of hydrogen-bond donors (Lipinski definition) is 0. The predicted molar refractivity (Wildman–Crippen MR) is 78.3 cm³/mol. The van der Waals surface area contributed by atoms with Gasteiger partial charge in [0.05, 0.1) is 0 Å². The molecule has 3 heteroatoms. The van der Waals surface area contributed by atoms with Crippen LogP contribution < -0.4 is 0 Å². The molecule has 0 bridgehead atoms. The third-order valence-corrected chi connectivity index (χ3v) is 5.62. The van der Waals surface area contributed by atoms with Crippen LogP contribution >= 0.6 is 0 Å². The summed E-state index contributed by atoms with van der Waals surface area (Å²) in [6.07, 6.45) is 11.9. The van der Waals surface area contributed by atoms with Gasteiger partial charge in [0.25, 0.3) is 0 Å². The number of amides is 1. The number of rotatable bonds is 3. The molecule has 3 rings (SSSR count). The Hall–Kier alpha value is -0.860. The van der Waals surface area contributed by atoms with E-state index in [4.69, 9.17) is 0 Å². The SMILES string of the molecule is O=C1CCCC1C1CCCCN1C(=O)CC1CCCC1. The number of nitrogens with zero attached hydrogens (tertiary/aromatic N) is 1. The van der Waals surface area contributed by atoms with Gasteiger partial charge in [0.2, 0.25) is 5.91 Å². The third-order valence-electron chi connectivity index (χ3n) is 5.62. The first-order valence-corrected chi connectivity index (χ1v) is 8.58. The van der Waals surface area contributed by atoms with Crippen LogP contribution in [-0.2, 0) is 9.59 Å². The van der Waals surface area contributed by atoms with E-state index in [1.54, 1.807) is 0 Å². The summed E-state index contributed by atoms with van der Waals surface area (Å²) in [5, 5.41) is 0. The number of piperidine rings is 1. The molecule has 3 aliphatic rings. The zero-order valence-electron chi connectivity index (χ0n) is 12.5. The Labute approximate surface area is 122 Å². The Kier molecular flexibility index (Phi) is 4.42. The maximum absolute atomic E-state index is 12.6. The number of hydrogen-bond acceptors (Lipinski definition) is 2. The molecular weight excluding hydrogens is 250 g/mol. The second-order valence-electron chi connectivity index (χ2n) is 6.97. The van der Waals surface area contributed by atoms with Crippen molar-refractivity contribution in [1.82, 2.24) is 4.90 Å². The Bertz CT molecular complexity index is 373. The fourth-order valence-electron chi connectivity index (χ4n) is 4.51. The molecule has 112 valence electrons. The molecule has 0 radical (unpaired) electrons. The quantitative estimate of drug-likeness (QED) is 0.793. The van der Waals surface area contributed by atoms with E-state index in [0.29, 0.717) is 17.6 Å². The van der Waals surface area contributed by atoms with Gasteiger partial charge in [-0.15, -0.1) is 0 Å². The molecule has 1 aliphatic heterocycles. The van der Waals surface area contributed by atoms with Gasteiger partial charge in [-0.2, -0.15) is 0 Å². The highest BCUT2D eigenvalue weighted by Crippen LogP contribution is 2.34.